The molecular weight excluding hydrogens is 335 g/mol. The number of hydrogen-bond acceptors (Lipinski definition) is 2. The third-order valence-corrected chi connectivity index (χ3v) is 3.76. The molecule has 2 aromatic carbocycles. The van der Waals surface area contributed by atoms with Crippen LogP contribution in [0.3, 0.4) is 0 Å². The third-order valence-electron chi connectivity index (χ3n) is 3.22. The summed E-state index contributed by atoms with van der Waals surface area (Å²) in [7, 11) is 0. The van der Waals surface area contributed by atoms with Gasteiger partial charge in [0.25, 0.3) is 0 Å². The van der Waals surface area contributed by atoms with Gasteiger partial charge in [0, 0.05) is 17.6 Å². The Labute approximate surface area is 145 Å². The maximum Gasteiger partial charge on any atom is 0.244 e. The molecule has 2 rings (SSSR count). The number of carbonyl (C=O) groups is 2. The normalized spacial score (nSPS) is 10.3. The Bertz CT molecular complexity index is 730. The van der Waals surface area contributed by atoms with Crippen molar-refractivity contribution in [3.8, 4) is 0 Å². The minimum absolute atomic E-state index is 0.134. The van der Waals surface area contributed by atoms with E-state index in [-0.39, 0.29) is 18.4 Å². The number of nitrogens with one attached hydrogen (secondary N) is 1. The molecule has 0 aliphatic carbocycles. The van der Waals surface area contributed by atoms with E-state index in [0.29, 0.717) is 21.4 Å². The van der Waals surface area contributed by atoms with Crippen molar-refractivity contribution >= 4 is 46.4 Å². The monoisotopic (exact) mass is 350 g/mol. The molecule has 0 unspecified atom stereocenters. The summed E-state index contributed by atoms with van der Waals surface area (Å²) in [6, 6.07) is 12.2. The number of anilines is 2. The first-order chi connectivity index (χ1) is 10.9. The third kappa shape index (κ3) is 4.71. The second kappa shape index (κ2) is 7.49. The average Bonchev–Trinajstić information content (AvgIpc) is 2.48. The van der Waals surface area contributed by atoms with Crippen LogP contribution in [-0.4, -0.2) is 18.4 Å². The number of carbonyl (C=O) groups excluding carboxylic acids is 2. The van der Waals surface area contributed by atoms with Gasteiger partial charge in [0.2, 0.25) is 11.8 Å². The summed E-state index contributed by atoms with van der Waals surface area (Å²) in [5, 5.41) is 3.53. The van der Waals surface area contributed by atoms with Gasteiger partial charge in [0.15, 0.2) is 0 Å². The first-order valence-electron chi connectivity index (χ1n) is 6.96. The van der Waals surface area contributed by atoms with Crippen molar-refractivity contribution in [2.75, 3.05) is 16.8 Å². The molecule has 2 amide bonds. The molecule has 0 aliphatic rings. The molecule has 0 saturated carbocycles. The summed E-state index contributed by atoms with van der Waals surface area (Å²) in [5.41, 5.74) is 2.22. The maximum absolute atomic E-state index is 12.2. The number of halogens is 2. The lowest BCUT2D eigenvalue weighted by molar-refractivity contribution is -0.120. The van der Waals surface area contributed by atoms with Crippen LogP contribution < -0.4 is 10.2 Å². The SMILES string of the molecule is CC(=O)N(CC(=O)Nc1ccc(C)cc1)c1ccc(Cl)cc1Cl. The van der Waals surface area contributed by atoms with Gasteiger partial charge in [0.05, 0.1) is 10.7 Å². The van der Waals surface area contributed by atoms with Crippen molar-refractivity contribution in [2.45, 2.75) is 13.8 Å². The fourth-order valence-corrected chi connectivity index (χ4v) is 2.56. The maximum atomic E-state index is 12.2. The summed E-state index contributed by atoms with van der Waals surface area (Å²) in [5.74, 6) is -0.594. The zero-order valence-corrected chi connectivity index (χ0v) is 14.3. The van der Waals surface area contributed by atoms with E-state index in [1.807, 2.05) is 19.1 Å². The Morgan fingerprint density at radius 1 is 1.09 bits per heavy atom. The summed E-state index contributed by atoms with van der Waals surface area (Å²) in [6.45, 7) is 3.21. The molecule has 0 aromatic heterocycles. The van der Waals surface area contributed by atoms with Crippen LogP contribution in [0.25, 0.3) is 0 Å². The Morgan fingerprint density at radius 2 is 1.74 bits per heavy atom. The first kappa shape index (κ1) is 17.3. The minimum Gasteiger partial charge on any atom is -0.325 e. The van der Waals surface area contributed by atoms with E-state index in [2.05, 4.69) is 5.32 Å². The topological polar surface area (TPSA) is 49.4 Å². The van der Waals surface area contributed by atoms with Gasteiger partial charge in [0.1, 0.15) is 6.54 Å². The van der Waals surface area contributed by atoms with Crippen LogP contribution in [0.15, 0.2) is 42.5 Å². The molecule has 4 nitrogen and oxygen atoms in total. The van der Waals surface area contributed by atoms with E-state index >= 15 is 0 Å². The fourth-order valence-electron chi connectivity index (χ4n) is 2.05. The second-order valence-corrected chi connectivity index (χ2v) is 5.96. The second-order valence-electron chi connectivity index (χ2n) is 5.12. The van der Waals surface area contributed by atoms with Gasteiger partial charge in [-0.2, -0.15) is 0 Å². The average molecular weight is 351 g/mol. The van der Waals surface area contributed by atoms with Crippen LogP contribution in [0.2, 0.25) is 10.0 Å². The van der Waals surface area contributed by atoms with Crippen LogP contribution in [0.4, 0.5) is 11.4 Å². The molecule has 0 heterocycles. The van der Waals surface area contributed by atoms with Crippen LogP contribution in [0.5, 0.6) is 0 Å². The van der Waals surface area contributed by atoms with Crippen LogP contribution in [0.1, 0.15) is 12.5 Å². The Hall–Kier alpha value is -2.04. The lowest BCUT2D eigenvalue weighted by Crippen LogP contribution is -2.36. The number of benzene rings is 2. The molecule has 23 heavy (non-hydrogen) atoms. The lowest BCUT2D eigenvalue weighted by atomic mass is 10.2. The molecular formula is C17H16Cl2N2O2. The molecule has 0 fully saturated rings. The molecule has 0 bridgehead atoms. The van der Waals surface area contributed by atoms with E-state index in [9.17, 15) is 9.59 Å². The fraction of sp³-hybridized carbons (Fsp3) is 0.176. The first-order valence-corrected chi connectivity index (χ1v) is 7.72. The van der Waals surface area contributed by atoms with Gasteiger partial charge < -0.3 is 10.2 Å². The molecule has 0 atom stereocenters. The highest BCUT2D eigenvalue weighted by atomic mass is 35.5. The highest BCUT2D eigenvalue weighted by molar-refractivity contribution is 6.36. The van der Waals surface area contributed by atoms with Gasteiger partial charge in [-0.25, -0.2) is 0 Å². The predicted octanol–water partition coefficient (Wildman–Crippen LogP) is 4.29. The minimum atomic E-state index is -0.310. The van der Waals surface area contributed by atoms with Crippen molar-refractivity contribution in [3.63, 3.8) is 0 Å². The molecule has 6 heteroatoms. The van der Waals surface area contributed by atoms with E-state index in [4.69, 9.17) is 23.2 Å². The van der Waals surface area contributed by atoms with Crippen molar-refractivity contribution in [3.05, 3.63) is 58.1 Å². The van der Waals surface area contributed by atoms with Crippen molar-refractivity contribution < 1.29 is 9.59 Å². The molecule has 0 aliphatic heterocycles. The van der Waals surface area contributed by atoms with Gasteiger partial charge in [-0.15, -0.1) is 0 Å². The quantitative estimate of drug-likeness (QED) is 0.893. The zero-order valence-electron chi connectivity index (χ0n) is 12.8. The summed E-state index contributed by atoms with van der Waals surface area (Å²) in [6.07, 6.45) is 0. The summed E-state index contributed by atoms with van der Waals surface area (Å²) >= 11 is 12.0. The lowest BCUT2D eigenvalue weighted by Gasteiger charge is -2.22. The number of nitrogens with zero attached hydrogens (tertiary/aromatic N) is 1. The summed E-state index contributed by atoms with van der Waals surface area (Å²) < 4.78 is 0. The van der Waals surface area contributed by atoms with Crippen LogP contribution >= 0.6 is 23.2 Å². The van der Waals surface area contributed by atoms with Gasteiger partial charge in [-0.1, -0.05) is 40.9 Å². The Morgan fingerprint density at radius 3 is 2.30 bits per heavy atom. The van der Waals surface area contributed by atoms with E-state index in [0.717, 1.165) is 5.56 Å². The molecule has 0 saturated heterocycles. The smallest absolute Gasteiger partial charge is 0.244 e. The number of hydrogen-bond donors (Lipinski definition) is 1. The van der Waals surface area contributed by atoms with Gasteiger partial charge >= 0.3 is 0 Å². The molecule has 0 radical (unpaired) electrons. The van der Waals surface area contributed by atoms with Crippen molar-refractivity contribution in [1.29, 1.82) is 0 Å². The van der Waals surface area contributed by atoms with Gasteiger partial charge in [-0.3, -0.25) is 9.59 Å². The van der Waals surface area contributed by atoms with E-state index in [1.165, 1.54) is 17.9 Å². The molecule has 120 valence electrons. The Kier molecular flexibility index (Phi) is 5.64. The molecule has 0 spiro atoms. The predicted molar refractivity (Wildman–Crippen MR) is 94.3 cm³/mol. The van der Waals surface area contributed by atoms with Crippen LogP contribution in [0, 0.1) is 6.92 Å². The summed E-state index contributed by atoms with van der Waals surface area (Å²) in [4.78, 5) is 25.4. The van der Waals surface area contributed by atoms with Crippen LogP contribution in [-0.2, 0) is 9.59 Å². The van der Waals surface area contributed by atoms with Gasteiger partial charge in [-0.05, 0) is 37.3 Å². The van der Waals surface area contributed by atoms with Crippen molar-refractivity contribution in [2.24, 2.45) is 0 Å². The standard InChI is InChI=1S/C17H16Cl2N2O2/c1-11-3-6-14(7-4-11)20-17(23)10-21(12(2)22)16-8-5-13(18)9-15(16)19/h3-9H,10H2,1-2H3,(H,20,23). The van der Waals surface area contributed by atoms with E-state index in [1.54, 1.807) is 24.3 Å². The van der Waals surface area contributed by atoms with E-state index < -0.39 is 0 Å². The molecule has 2 aromatic rings. The highest BCUT2D eigenvalue weighted by Crippen LogP contribution is 2.29. The highest BCUT2D eigenvalue weighted by Gasteiger charge is 2.18. The van der Waals surface area contributed by atoms with Crippen molar-refractivity contribution in [1.82, 2.24) is 0 Å². The number of rotatable bonds is 4. The zero-order chi connectivity index (χ0) is 17.0. The largest absolute Gasteiger partial charge is 0.325 e. The number of aryl methyl sites for hydroxylation is 1. The Balaban J connectivity index is 2.14. The molecule has 1 N–H and O–H groups in total. The number of amides is 2.